The molecule has 2 aliphatic heterocycles. The maximum atomic E-state index is 5.75. The molecule has 2 aliphatic rings. The van der Waals surface area contributed by atoms with Gasteiger partial charge < -0.3 is 14.2 Å². The number of rotatable bonds is 6. The van der Waals surface area contributed by atoms with Gasteiger partial charge in [0.15, 0.2) is 0 Å². The Morgan fingerprint density at radius 1 is 1.25 bits per heavy atom. The maximum Gasteiger partial charge on any atom is 0.119 e. The molecule has 4 nitrogen and oxygen atoms in total. The summed E-state index contributed by atoms with van der Waals surface area (Å²) in [6, 6.07) is 8.43. The van der Waals surface area contributed by atoms with Crippen LogP contribution in [0.1, 0.15) is 31.7 Å². The van der Waals surface area contributed by atoms with Crippen molar-refractivity contribution in [1.82, 2.24) is 4.90 Å². The molecular weight excluding hydrogens is 302 g/mol. The van der Waals surface area contributed by atoms with E-state index < -0.39 is 0 Å². The number of methoxy groups -OCH3 is 1. The molecule has 0 saturated carbocycles. The van der Waals surface area contributed by atoms with Crippen LogP contribution in [0.4, 0.5) is 0 Å². The lowest BCUT2D eigenvalue weighted by molar-refractivity contribution is -0.0993. The highest BCUT2D eigenvalue weighted by atomic mass is 16.5. The van der Waals surface area contributed by atoms with E-state index in [1.165, 1.54) is 37.9 Å². The summed E-state index contributed by atoms with van der Waals surface area (Å²) >= 11 is 0. The fraction of sp³-hybridized carbons (Fsp3) is 0.700. The van der Waals surface area contributed by atoms with Crippen molar-refractivity contribution in [2.24, 2.45) is 11.3 Å². The summed E-state index contributed by atoms with van der Waals surface area (Å²) in [5.41, 5.74) is 1.77. The summed E-state index contributed by atoms with van der Waals surface area (Å²) in [4.78, 5) is 2.58. The molecule has 134 valence electrons. The van der Waals surface area contributed by atoms with E-state index in [0.717, 1.165) is 38.7 Å². The molecule has 2 fully saturated rings. The zero-order valence-electron chi connectivity index (χ0n) is 15.1. The fourth-order valence-electron chi connectivity index (χ4n) is 4.21. The average Bonchev–Trinajstić information content (AvgIpc) is 2.63. The molecule has 3 rings (SSSR count). The third-order valence-electron chi connectivity index (χ3n) is 5.84. The highest BCUT2D eigenvalue weighted by Gasteiger charge is 2.43. The molecule has 4 heteroatoms. The minimum Gasteiger partial charge on any atom is -0.497 e. The van der Waals surface area contributed by atoms with E-state index in [4.69, 9.17) is 14.2 Å². The van der Waals surface area contributed by atoms with Gasteiger partial charge in [-0.1, -0.05) is 12.1 Å². The van der Waals surface area contributed by atoms with Gasteiger partial charge in [0.05, 0.1) is 20.3 Å². The van der Waals surface area contributed by atoms with Gasteiger partial charge in [0.2, 0.25) is 0 Å². The Labute approximate surface area is 146 Å². The number of likely N-dealkylation sites (tertiary alicyclic amines) is 1. The molecule has 2 saturated heterocycles. The Kier molecular flexibility index (Phi) is 6.14. The normalized spacial score (nSPS) is 24.2. The van der Waals surface area contributed by atoms with Gasteiger partial charge in [-0.25, -0.2) is 0 Å². The van der Waals surface area contributed by atoms with Crippen molar-refractivity contribution >= 4 is 0 Å². The van der Waals surface area contributed by atoms with Gasteiger partial charge in [0, 0.05) is 25.7 Å². The van der Waals surface area contributed by atoms with Crippen LogP contribution in [0.3, 0.4) is 0 Å². The molecule has 1 spiro atoms. The number of hydrogen-bond donors (Lipinski definition) is 0. The van der Waals surface area contributed by atoms with Crippen LogP contribution in [0.5, 0.6) is 5.75 Å². The molecule has 0 unspecified atom stereocenters. The Balaban J connectivity index is 1.57. The monoisotopic (exact) mass is 333 g/mol. The van der Waals surface area contributed by atoms with Crippen LogP contribution in [0.25, 0.3) is 0 Å². The lowest BCUT2D eigenvalue weighted by Gasteiger charge is -2.49. The number of nitrogens with zero attached hydrogens (tertiary/aromatic N) is 1. The van der Waals surface area contributed by atoms with Crippen LogP contribution in [0, 0.1) is 11.3 Å². The number of benzene rings is 1. The topological polar surface area (TPSA) is 30.9 Å². The quantitative estimate of drug-likeness (QED) is 0.799. The zero-order valence-corrected chi connectivity index (χ0v) is 15.1. The Hall–Kier alpha value is -1.10. The summed E-state index contributed by atoms with van der Waals surface area (Å²) in [6.07, 6.45) is 3.72. The molecule has 0 aromatic heterocycles. The molecule has 1 aromatic rings. The van der Waals surface area contributed by atoms with E-state index in [-0.39, 0.29) is 0 Å². The summed E-state index contributed by atoms with van der Waals surface area (Å²) in [5, 5.41) is 0. The molecule has 1 aromatic carbocycles. The maximum absolute atomic E-state index is 5.75. The molecule has 2 heterocycles. The van der Waals surface area contributed by atoms with Crippen molar-refractivity contribution in [3.8, 4) is 5.75 Å². The van der Waals surface area contributed by atoms with E-state index in [9.17, 15) is 0 Å². The number of hydrogen-bond acceptors (Lipinski definition) is 4. The Morgan fingerprint density at radius 3 is 2.83 bits per heavy atom. The van der Waals surface area contributed by atoms with Crippen LogP contribution in [-0.2, 0) is 16.0 Å². The van der Waals surface area contributed by atoms with E-state index in [0.29, 0.717) is 11.3 Å². The standard InChI is InChI=1S/C20H31NO3/c1-3-23-15-18-16-24-12-9-20(18)7-10-21(11-8-20)14-17-5-4-6-19(13-17)22-2/h4-6,13,18H,3,7-12,14-16H2,1-2H3/t18-/m0/s1. The van der Waals surface area contributed by atoms with Gasteiger partial charge in [0.25, 0.3) is 0 Å². The average molecular weight is 333 g/mol. The zero-order chi connectivity index (χ0) is 16.8. The van der Waals surface area contributed by atoms with Gasteiger partial charge in [-0.15, -0.1) is 0 Å². The molecular formula is C20H31NO3. The van der Waals surface area contributed by atoms with Gasteiger partial charge in [-0.3, -0.25) is 4.90 Å². The highest BCUT2D eigenvalue weighted by Crippen LogP contribution is 2.45. The van der Waals surface area contributed by atoms with Gasteiger partial charge in [-0.2, -0.15) is 0 Å². The molecule has 0 aliphatic carbocycles. The Bertz CT molecular complexity index is 511. The predicted octanol–water partition coefficient (Wildman–Crippen LogP) is 3.35. The van der Waals surface area contributed by atoms with Gasteiger partial charge >= 0.3 is 0 Å². The lowest BCUT2D eigenvalue weighted by atomic mass is 9.66. The summed E-state index contributed by atoms with van der Waals surface area (Å²) in [6.45, 7) is 8.86. The highest BCUT2D eigenvalue weighted by molar-refractivity contribution is 5.28. The van der Waals surface area contributed by atoms with Crippen LogP contribution >= 0.6 is 0 Å². The van der Waals surface area contributed by atoms with Crippen LogP contribution in [-0.4, -0.2) is 51.5 Å². The summed E-state index contributed by atoms with van der Waals surface area (Å²) < 4.78 is 16.8. The minimum atomic E-state index is 0.429. The molecule has 0 bridgehead atoms. The first-order chi connectivity index (χ1) is 11.8. The first-order valence-electron chi connectivity index (χ1n) is 9.26. The van der Waals surface area contributed by atoms with Crippen molar-refractivity contribution in [2.75, 3.05) is 46.6 Å². The van der Waals surface area contributed by atoms with Crippen LogP contribution in [0.15, 0.2) is 24.3 Å². The minimum absolute atomic E-state index is 0.429. The van der Waals surface area contributed by atoms with Crippen LogP contribution < -0.4 is 4.74 Å². The van der Waals surface area contributed by atoms with Gasteiger partial charge in [-0.05, 0) is 62.4 Å². The molecule has 0 N–H and O–H groups in total. The molecule has 1 atom stereocenters. The lowest BCUT2D eigenvalue weighted by Crippen LogP contribution is -2.49. The second-order valence-corrected chi connectivity index (χ2v) is 7.17. The number of piperidine rings is 1. The van der Waals surface area contributed by atoms with Crippen molar-refractivity contribution in [3.63, 3.8) is 0 Å². The van der Waals surface area contributed by atoms with E-state index in [1.54, 1.807) is 7.11 Å². The van der Waals surface area contributed by atoms with Crippen molar-refractivity contribution in [1.29, 1.82) is 0 Å². The largest absolute Gasteiger partial charge is 0.497 e. The Morgan fingerprint density at radius 2 is 2.08 bits per heavy atom. The smallest absolute Gasteiger partial charge is 0.119 e. The number of ether oxygens (including phenoxy) is 3. The molecule has 24 heavy (non-hydrogen) atoms. The van der Waals surface area contributed by atoms with Gasteiger partial charge in [0.1, 0.15) is 5.75 Å². The van der Waals surface area contributed by atoms with Crippen molar-refractivity contribution < 1.29 is 14.2 Å². The third-order valence-corrected chi connectivity index (χ3v) is 5.84. The second-order valence-electron chi connectivity index (χ2n) is 7.17. The molecule has 0 radical (unpaired) electrons. The van der Waals surface area contributed by atoms with E-state index in [2.05, 4.69) is 30.0 Å². The first-order valence-corrected chi connectivity index (χ1v) is 9.26. The molecule has 0 amide bonds. The fourth-order valence-corrected chi connectivity index (χ4v) is 4.21. The summed E-state index contributed by atoms with van der Waals surface area (Å²) in [7, 11) is 1.73. The van der Waals surface area contributed by atoms with E-state index in [1.807, 2.05) is 6.07 Å². The van der Waals surface area contributed by atoms with E-state index >= 15 is 0 Å². The summed E-state index contributed by atoms with van der Waals surface area (Å²) in [5.74, 6) is 1.51. The SMILES string of the molecule is CCOC[C@H]1COCCC12CCN(Cc1cccc(OC)c1)CC2. The third kappa shape index (κ3) is 4.11. The van der Waals surface area contributed by atoms with Crippen LogP contribution in [0.2, 0.25) is 0 Å². The van der Waals surface area contributed by atoms with Crippen molar-refractivity contribution in [3.05, 3.63) is 29.8 Å². The van der Waals surface area contributed by atoms with Crippen molar-refractivity contribution in [2.45, 2.75) is 32.7 Å². The predicted molar refractivity (Wildman–Crippen MR) is 95.4 cm³/mol. The second kappa shape index (κ2) is 8.32. The first kappa shape index (κ1) is 17.7.